The first-order valence-corrected chi connectivity index (χ1v) is 19.3. The summed E-state index contributed by atoms with van der Waals surface area (Å²) in [7, 11) is 0. The van der Waals surface area contributed by atoms with Crippen molar-refractivity contribution in [1.29, 1.82) is 0 Å². The van der Waals surface area contributed by atoms with Crippen molar-refractivity contribution in [2.75, 3.05) is 0 Å². The number of rotatable bonds is 3. The fraction of sp³-hybridized carbons (Fsp3) is 0.0769. The van der Waals surface area contributed by atoms with Crippen LogP contribution in [0.1, 0.15) is 26.3 Å². The highest BCUT2D eigenvalue weighted by atomic mass is 15.1. The molecule has 1 aliphatic rings. The van der Waals surface area contributed by atoms with Gasteiger partial charge < -0.3 is 0 Å². The summed E-state index contributed by atoms with van der Waals surface area (Å²) in [5, 5.41) is 2.42. The van der Waals surface area contributed by atoms with Crippen LogP contribution in [-0.4, -0.2) is 14.1 Å². The van der Waals surface area contributed by atoms with Gasteiger partial charge in [-0.2, -0.15) is 0 Å². The van der Waals surface area contributed by atoms with E-state index in [-0.39, 0.29) is 5.41 Å². The second kappa shape index (κ2) is 12.2. The minimum atomic E-state index is -0.0173. The maximum Gasteiger partial charge on any atom is 0.269 e. The van der Waals surface area contributed by atoms with Gasteiger partial charge in [-0.05, 0) is 110 Å². The molecule has 0 aliphatic heterocycles. The minimum absolute atomic E-state index is 0.0173. The first-order valence-electron chi connectivity index (χ1n) is 19.3. The fourth-order valence-corrected chi connectivity index (χ4v) is 8.77. The van der Waals surface area contributed by atoms with Crippen molar-refractivity contribution in [1.82, 2.24) is 14.1 Å². The average molecular weight is 719 g/mol. The van der Waals surface area contributed by atoms with Crippen LogP contribution in [0.25, 0.3) is 94.5 Å². The molecule has 0 saturated heterocycles. The van der Waals surface area contributed by atoms with Gasteiger partial charge in [0.2, 0.25) is 0 Å². The summed E-state index contributed by atoms with van der Waals surface area (Å²) in [6, 6.07) is 61.7. The molecular formula is C52H38N4. The number of aromatic nitrogens is 4. The Bertz CT molecular complexity index is 3170. The van der Waals surface area contributed by atoms with E-state index in [0.717, 1.165) is 39.3 Å². The number of hydrogen-bond acceptors (Lipinski definition) is 1. The topological polar surface area (TPSA) is 26.6 Å². The van der Waals surface area contributed by atoms with Crippen molar-refractivity contribution in [3.63, 3.8) is 0 Å². The molecule has 3 heterocycles. The number of hydrogen-bond donors (Lipinski definition) is 0. The summed E-state index contributed by atoms with van der Waals surface area (Å²) < 4.78 is 6.73. The van der Waals surface area contributed by atoms with Gasteiger partial charge >= 0.3 is 0 Å². The summed E-state index contributed by atoms with van der Waals surface area (Å²) in [4.78, 5) is 5.01. The van der Waals surface area contributed by atoms with Crippen molar-refractivity contribution in [3.8, 4) is 61.7 Å². The molecule has 1 aliphatic carbocycles. The van der Waals surface area contributed by atoms with E-state index in [1.54, 1.807) is 0 Å². The van der Waals surface area contributed by atoms with Crippen LogP contribution in [0.4, 0.5) is 0 Å². The molecule has 0 fully saturated rings. The summed E-state index contributed by atoms with van der Waals surface area (Å²) in [5.74, 6) is 0.924. The molecule has 0 atom stereocenters. The third kappa shape index (κ3) is 4.92. The lowest BCUT2D eigenvalue weighted by molar-refractivity contribution is -0.572. The van der Waals surface area contributed by atoms with E-state index in [9.17, 15) is 0 Å². The molecule has 7 aromatic carbocycles. The second-order valence-corrected chi connectivity index (χ2v) is 15.8. The molecule has 4 heteroatoms. The van der Waals surface area contributed by atoms with Crippen molar-refractivity contribution in [2.24, 2.45) is 0 Å². The van der Waals surface area contributed by atoms with E-state index in [1.807, 2.05) is 6.20 Å². The molecule has 4 nitrogen and oxygen atoms in total. The average Bonchev–Trinajstić information content (AvgIpc) is 3.79. The van der Waals surface area contributed by atoms with Gasteiger partial charge in [0.15, 0.2) is 0 Å². The van der Waals surface area contributed by atoms with Gasteiger partial charge in [-0.25, -0.2) is 4.98 Å². The van der Waals surface area contributed by atoms with Crippen LogP contribution in [-0.2, 0) is 5.41 Å². The zero-order valence-electron chi connectivity index (χ0n) is 31.5. The molecule has 3 aromatic heterocycles. The summed E-state index contributed by atoms with van der Waals surface area (Å²) >= 11 is 0. The number of para-hydroxylation sites is 4. The van der Waals surface area contributed by atoms with Gasteiger partial charge in [0.25, 0.3) is 6.33 Å². The van der Waals surface area contributed by atoms with Gasteiger partial charge in [-0.3, -0.25) is 13.7 Å². The largest absolute Gasteiger partial charge is 0.294 e. The Kier molecular flexibility index (Phi) is 7.08. The van der Waals surface area contributed by atoms with Gasteiger partial charge in [0.1, 0.15) is 5.82 Å². The lowest BCUT2D eigenvalue weighted by Crippen LogP contribution is -2.29. The summed E-state index contributed by atoms with van der Waals surface area (Å²) in [6.07, 6.45) is 5.69. The molecule has 56 heavy (non-hydrogen) atoms. The highest BCUT2D eigenvalue weighted by Gasteiger charge is 2.26. The smallest absolute Gasteiger partial charge is 0.269 e. The van der Waals surface area contributed by atoms with Crippen molar-refractivity contribution >= 4 is 32.8 Å². The zero-order chi connectivity index (χ0) is 37.5. The van der Waals surface area contributed by atoms with Crippen LogP contribution < -0.4 is 4.57 Å². The Hall–Kier alpha value is -7.04. The predicted octanol–water partition coefficient (Wildman–Crippen LogP) is 12.5. The Morgan fingerprint density at radius 2 is 1.07 bits per heavy atom. The molecule has 266 valence electrons. The normalized spacial score (nSPS) is 12.2. The Morgan fingerprint density at radius 3 is 1.80 bits per heavy atom. The standard InChI is InChI=1S/C52H38N4/c1-52(2,3)34-27-28-53-51(29-34)56-47-22-12-11-21-42(47)46-31-44-40-20-10-9-18-38(40)37-17-7-8-19-39(37)41-26-25-36(30-43(41)45(44)32-50(46)56)55-33-54(35-15-5-4-6-16-35)48-23-13-14-24-49(48)55/h4-32H,1-3H3. The van der Waals surface area contributed by atoms with Gasteiger partial charge in [-0.15, -0.1) is 0 Å². The van der Waals surface area contributed by atoms with Crippen LogP contribution in [0.3, 0.4) is 0 Å². The molecular weight excluding hydrogens is 681 g/mol. The van der Waals surface area contributed by atoms with E-state index >= 15 is 0 Å². The summed E-state index contributed by atoms with van der Waals surface area (Å²) in [6.45, 7) is 6.78. The number of benzene rings is 7. The molecule has 10 aromatic rings. The van der Waals surface area contributed by atoms with Crippen molar-refractivity contribution < 1.29 is 4.57 Å². The van der Waals surface area contributed by atoms with Crippen LogP contribution in [0.15, 0.2) is 176 Å². The third-order valence-corrected chi connectivity index (χ3v) is 11.5. The van der Waals surface area contributed by atoms with E-state index in [2.05, 4.69) is 211 Å². The number of fused-ring (bicyclic) bond motifs is 12. The van der Waals surface area contributed by atoms with Gasteiger partial charge in [-0.1, -0.05) is 136 Å². The molecule has 0 spiro atoms. The number of nitrogens with zero attached hydrogens (tertiary/aromatic N) is 4. The molecule has 0 unspecified atom stereocenters. The van der Waals surface area contributed by atoms with Crippen molar-refractivity contribution in [2.45, 2.75) is 26.2 Å². The Balaban J connectivity index is 1.25. The third-order valence-electron chi connectivity index (χ3n) is 11.5. The fourth-order valence-electron chi connectivity index (χ4n) is 8.77. The van der Waals surface area contributed by atoms with E-state index in [4.69, 9.17) is 4.98 Å². The predicted molar refractivity (Wildman–Crippen MR) is 230 cm³/mol. The van der Waals surface area contributed by atoms with Crippen LogP contribution in [0.5, 0.6) is 0 Å². The van der Waals surface area contributed by atoms with E-state index in [1.165, 1.54) is 60.8 Å². The second-order valence-electron chi connectivity index (χ2n) is 15.8. The monoisotopic (exact) mass is 718 g/mol. The van der Waals surface area contributed by atoms with Gasteiger partial charge in [0.05, 0.1) is 33.4 Å². The molecule has 11 rings (SSSR count). The Morgan fingerprint density at radius 1 is 0.482 bits per heavy atom. The molecule has 0 bridgehead atoms. The molecule has 0 N–H and O–H groups in total. The number of imidazole rings is 1. The van der Waals surface area contributed by atoms with Crippen LogP contribution in [0.2, 0.25) is 0 Å². The SMILES string of the molecule is CC(C)(C)c1ccnc(-n2c3ccccc3c3cc4c(cc32)-c2cc(-n3[c-][n+](-c5ccccc5)c5ccccc53)ccc2-c2ccccc2-c2ccccc2-4)c1. The van der Waals surface area contributed by atoms with E-state index in [0.29, 0.717) is 0 Å². The first-order chi connectivity index (χ1) is 27.4. The Labute approximate surface area is 326 Å². The first kappa shape index (κ1) is 32.4. The molecule has 0 radical (unpaired) electrons. The quantitative estimate of drug-likeness (QED) is 0.132. The van der Waals surface area contributed by atoms with Gasteiger partial charge in [0, 0.05) is 17.0 Å². The molecule has 0 saturated carbocycles. The zero-order valence-corrected chi connectivity index (χ0v) is 31.5. The highest BCUT2D eigenvalue weighted by Crippen LogP contribution is 2.50. The minimum Gasteiger partial charge on any atom is -0.294 e. The number of pyridine rings is 1. The highest BCUT2D eigenvalue weighted by molar-refractivity contribution is 6.14. The lowest BCUT2D eigenvalue weighted by Gasteiger charge is -2.24. The molecule has 0 amide bonds. The maximum absolute atomic E-state index is 5.01. The maximum atomic E-state index is 5.01. The van der Waals surface area contributed by atoms with E-state index < -0.39 is 0 Å². The van der Waals surface area contributed by atoms with Crippen molar-refractivity contribution in [3.05, 3.63) is 188 Å². The van der Waals surface area contributed by atoms with Crippen LogP contribution in [0, 0.1) is 6.33 Å². The lowest BCUT2D eigenvalue weighted by atomic mass is 9.80. The summed E-state index contributed by atoms with van der Waals surface area (Å²) in [5.41, 5.74) is 17.5. The van der Waals surface area contributed by atoms with Crippen LogP contribution >= 0.6 is 0 Å².